The highest BCUT2D eigenvalue weighted by atomic mass is 35.5. The zero-order valence-electron chi connectivity index (χ0n) is 14.5. The molecule has 0 radical (unpaired) electrons. The van der Waals surface area contributed by atoms with Crippen LogP contribution in [0.25, 0.3) is 0 Å². The summed E-state index contributed by atoms with van der Waals surface area (Å²) in [5, 5.41) is 3.33. The Hall–Kier alpha value is -1.09. The molecule has 2 aliphatic rings. The van der Waals surface area contributed by atoms with E-state index in [-0.39, 0.29) is 28.8 Å². The van der Waals surface area contributed by atoms with Crippen LogP contribution < -0.4 is 5.32 Å². The summed E-state index contributed by atoms with van der Waals surface area (Å²) in [4.78, 5) is 11.6. The molecule has 9 heteroatoms. The molecule has 1 N–H and O–H groups in total. The van der Waals surface area contributed by atoms with Gasteiger partial charge in [0.25, 0.3) is 10.0 Å². The van der Waals surface area contributed by atoms with Gasteiger partial charge in [-0.25, -0.2) is 13.2 Å². The summed E-state index contributed by atoms with van der Waals surface area (Å²) in [6.07, 6.45) is 4.19. The van der Waals surface area contributed by atoms with E-state index in [0.717, 1.165) is 25.3 Å². The van der Waals surface area contributed by atoms with E-state index in [1.807, 2.05) is 0 Å². The second kappa shape index (κ2) is 8.07. The number of hydrogen-bond donors (Lipinski definition) is 1. The van der Waals surface area contributed by atoms with Gasteiger partial charge >= 0.3 is 5.97 Å². The first-order chi connectivity index (χ1) is 11.4. The predicted octanol–water partition coefficient (Wildman–Crippen LogP) is 1.95. The zero-order valence-corrected chi connectivity index (χ0v) is 16.1. The number of hydrogen-bond acceptors (Lipinski definition) is 6. The van der Waals surface area contributed by atoms with Crippen molar-refractivity contribution >= 4 is 28.4 Å². The van der Waals surface area contributed by atoms with Gasteiger partial charge in [0.05, 0.1) is 7.11 Å². The molecule has 0 aromatic carbocycles. The van der Waals surface area contributed by atoms with E-state index in [0.29, 0.717) is 19.1 Å². The van der Waals surface area contributed by atoms with Gasteiger partial charge in [-0.1, -0.05) is 0 Å². The van der Waals surface area contributed by atoms with Gasteiger partial charge < -0.3 is 14.5 Å². The van der Waals surface area contributed by atoms with Crippen LogP contribution in [0.2, 0.25) is 0 Å². The lowest BCUT2D eigenvalue weighted by Gasteiger charge is -2.31. The quantitative estimate of drug-likeness (QED) is 0.744. The third-order valence-electron chi connectivity index (χ3n) is 4.74. The van der Waals surface area contributed by atoms with Crippen LogP contribution in [0.15, 0.2) is 15.6 Å². The molecule has 1 saturated heterocycles. The van der Waals surface area contributed by atoms with Crippen molar-refractivity contribution in [3.05, 3.63) is 17.4 Å². The Kier molecular flexibility index (Phi) is 6.53. The highest BCUT2D eigenvalue weighted by Gasteiger charge is 2.33. The fourth-order valence-corrected chi connectivity index (χ4v) is 4.42. The van der Waals surface area contributed by atoms with Crippen molar-refractivity contribution in [3.8, 4) is 0 Å². The number of sulfonamides is 1. The van der Waals surface area contributed by atoms with E-state index in [4.69, 9.17) is 4.42 Å². The number of carbonyl (C=O) groups is 1. The van der Waals surface area contributed by atoms with Crippen LogP contribution >= 0.6 is 12.4 Å². The largest absolute Gasteiger partial charge is 0.465 e. The molecule has 0 bridgehead atoms. The Labute approximate surface area is 154 Å². The van der Waals surface area contributed by atoms with E-state index in [9.17, 15) is 13.2 Å². The van der Waals surface area contributed by atoms with Gasteiger partial charge in [-0.05, 0) is 45.1 Å². The fraction of sp³-hybridized carbons (Fsp3) is 0.688. The maximum atomic E-state index is 12.7. The van der Waals surface area contributed by atoms with E-state index in [1.165, 1.54) is 30.3 Å². The molecule has 0 spiro atoms. The van der Waals surface area contributed by atoms with Gasteiger partial charge in [0.1, 0.15) is 11.3 Å². The van der Waals surface area contributed by atoms with E-state index in [1.54, 1.807) is 6.92 Å². The van der Waals surface area contributed by atoms with Gasteiger partial charge in [-0.2, -0.15) is 4.31 Å². The molecule has 1 aliphatic heterocycles. The standard InChI is InChI=1S/C16H24N2O5S.ClH/c1-11-14(16(19)22-2)9-15(23-11)24(20,21)18-7-5-13(6-8-18)17-10-12-3-4-12;/h9,12-13,17H,3-8,10H2,1-2H3;1H. The number of nitrogens with zero attached hydrogens (tertiary/aromatic N) is 1. The lowest BCUT2D eigenvalue weighted by atomic mass is 10.1. The summed E-state index contributed by atoms with van der Waals surface area (Å²) in [5.74, 6) is 0.469. The molecule has 1 aromatic rings. The van der Waals surface area contributed by atoms with Crippen molar-refractivity contribution in [1.29, 1.82) is 0 Å². The number of halogens is 1. The van der Waals surface area contributed by atoms with E-state index >= 15 is 0 Å². The molecule has 25 heavy (non-hydrogen) atoms. The maximum absolute atomic E-state index is 12.7. The van der Waals surface area contributed by atoms with Crippen molar-refractivity contribution in [2.24, 2.45) is 5.92 Å². The molecule has 1 aromatic heterocycles. The maximum Gasteiger partial charge on any atom is 0.341 e. The van der Waals surface area contributed by atoms with Gasteiger partial charge in [-0.15, -0.1) is 12.4 Å². The van der Waals surface area contributed by atoms with E-state index < -0.39 is 16.0 Å². The van der Waals surface area contributed by atoms with Crippen LogP contribution in [0, 0.1) is 12.8 Å². The van der Waals surface area contributed by atoms with Crippen LogP contribution in [0.1, 0.15) is 41.8 Å². The Bertz CT molecular complexity index is 706. The smallest absolute Gasteiger partial charge is 0.341 e. The normalized spacial score (nSPS) is 19.4. The number of aryl methyl sites for hydroxylation is 1. The first-order valence-electron chi connectivity index (χ1n) is 8.34. The Morgan fingerprint density at radius 1 is 1.32 bits per heavy atom. The molecular weight excluding hydrogens is 368 g/mol. The number of piperidine rings is 1. The third kappa shape index (κ3) is 4.55. The van der Waals surface area contributed by atoms with E-state index in [2.05, 4.69) is 10.1 Å². The molecule has 2 heterocycles. The number of ether oxygens (including phenoxy) is 1. The molecular formula is C16H25ClN2O5S. The highest BCUT2D eigenvalue weighted by molar-refractivity contribution is 7.89. The minimum absolute atomic E-state index is 0. The van der Waals surface area contributed by atoms with Crippen molar-refractivity contribution < 1.29 is 22.4 Å². The first-order valence-corrected chi connectivity index (χ1v) is 9.78. The van der Waals surface area contributed by atoms with Crippen LogP contribution in [0.5, 0.6) is 0 Å². The monoisotopic (exact) mass is 392 g/mol. The molecule has 142 valence electrons. The molecule has 3 rings (SSSR count). The molecule has 0 unspecified atom stereocenters. The van der Waals surface area contributed by atoms with Crippen LogP contribution in [-0.2, 0) is 14.8 Å². The summed E-state index contributed by atoms with van der Waals surface area (Å²) in [6.45, 7) is 3.51. The molecule has 0 atom stereocenters. The van der Waals surface area contributed by atoms with Gasteiger partial charge in [0.2, 0.25) is 5.09 Å². The second-order valence-electron chi connectivity index (χ2n) is 6.56. The molecule has 2 fully saturated rings. The minimum Gasteiger partial charge on any atom is -0.465 e. The Morgan fingerprint density at radius 3 is 2.52 bits per heavy atom. The number of esters is 1. The summed E-state index contributed by atoms with van der Waals surface area (Å²) in [5.41, 5.74) is 0.150. The lowest BCUT2D eigenvalue weighted by molar-refractivity contribution is 0.0598. The number of methoxy groups -OCH3 is 1. The fourth-order valence-electron chi connectivity index (χ4n) is 2.98. The zero-order chi connectivity index (χ0) is 17.3. The highest BCUT2D eigenvalue weighted by Crippen LogP contribution is 2.29. The summed E-state index contributed by atoms with van der Waals surface area (Å²) in [7, 11) is -2.46. The summed E-state index contributed by atoms with van der Waals surface area (Å²) >= 11 is 0. The van der Waals surface area contributed by atoms with Crippen LogP contribution in [0.3, 0.4) is 0 Å². The molecule has 7 nitrogen and oxygen atoms in total. The van der Waals surface area contributed by atoms with Crippen molar-refractivity contribution in [2.45, 2.75) is 43.7 Å². The number of furan rings is 1. The van der Waals surface area contributed by atoms with Crippen molar-refractivity contribution in [1.82, 2.24) is 9.62 Å². The summed E-state index contributed by atoms with van der Waals surface area (Å²) in [6, 6.07) is 1.63. The molecule has 0 amide bonds. The Morgan fingerprint density at radius 2 is 1.96 bits per heavy atom. The van der Waals surface area contributed by atoms with Crippen LogP contribution in [-0.4, -0.2) is 51.5 Å². The van der Waals surface area contributed by atoms with Crippen molar-refractivity contribution in [3.63, 3.8) is 0 Å². The first kappa shape index (κ1) is 20.2. The lowest BCUT2D eigenvalue weighted by Crippen LogP contribution is -2.45. The Balaban J connectivity index is 0.00000225. The molecule has 1 saturated carbocycles. The SMILES string of the molecule is COC(=O)c1cc(S(=O)(=O)N2CCC(NCC3CC3)CC2)oc1C.Cl. The minimum atomic E-state index is -3.72. The van der Waals surface area contributed by atoms with Crippen molar-refractivity contribution in [2.75, 3.05) is 26.7 Å². The van der Waals surface area contributed by atoms with Gasteiger partial charge in [0, 0.05) is 25.2 Å². The number of nitrogens with one attached hydrogen (secondary N) is 1. The topological polar surface area (TPSA) is 88.9 Å². The van der Waals surface area contributed by atoms with Gasteiger partial charge in [-0.3, -0.25) is 0 Å². The second-order valence-corrected chi connectivity index (χ2v) is 8.43. The summed E-state index contributed by atoms with van der Waals surface area (Å²) < 4.78 is 36.8. The number of rotatable bonds is 6. The average Bonchev–Trinajstić information content (AvgIpc) is 3.32. The number of carbonyl (C=O) groups excluding carboxylic acids is 1. The average molecular weight is 393 g/mol. The molecule has 1 aliphatic carbocycles. The van der Waals surface area contributed by atoms with Gasteiger partial charge in [0.15, 0.2) is 0 Å². The predicted molar refractivity (Wildman–Crippen MR) is 94.5 cm³/mol. The third-order valence-corrected chi connectivity index (χ3v) is 6.50. The van der Waals surface area contributed by atoms with Crippen LogP contribution in [0.4, 0.5) is 0 Å².